The Morgan fingerprint density at radius 1 is 1.20 bits per heavy atom. The molecule has 0 aromatic heterocycles. The van der Waals surface area contributed by atoms with Gasteiger partial charge in [-0.05, 0) is 62.9 Å². The minimum Gasteiger partial charge on any atom is -0.466 e. The smallest absolute Gasteiger partial charge is 0.311 e. The molecule has 0 spiro atoms. The van der Waals surface area contributed by atoms with Gasteiger partial charge in [0.1, 0.15) is 0 Å². The molecule has 2 heterocycles. The Hall–Kier alpha value is -1.44. The number of benzene rings is 1. The molecule has 1 aromatic rings. The van der Waals surface area contributed by atoms with Crippen LogP contribution in [0.1, 0.15) is 25.3 Å². The van der Waals surface area contributed by atoms with Gasteiger partial charge in [0.25, 0.3) is 0 Å². The normalized spacial score (nSPS) is 20.2. The van der Waals surface area contributed by atoms with Crippen molar-refractivity contribution in [2.45, 2.75) is 31.1 Å². The Morgan fingerprint density at radius 3 is 2.44 bits per heavy atom. The highest BCUT2D eigenvalue weighted by molar-refractivity contribution is 7.89. The molecule has 2 aliphatic heterocycles. The first-order chi connectivity index (χ1) is 12.0. The first kappa shape index (κ1) is 18.4. The number of esters is 1. The largest absolute Gasteiger partial charge is 0.466 e. The Labute approximate surface area is 149 Å². The fourth-order valence-electron chi connectivity index (χ4n) is 3.41. The van der Waals surface area contributed by atoms with Crippen LogP contribution in [0.25, 0.3) is 0 Å². The minimum absolute atomic E-state index is 0.206. The zero-order valence-corrected chi connectivity index (χ0v) is 15.4. The van der Waals surface area contributed by atoms with Crippen molar-refractivity contribution in [1.29, 1.82) is 0 Å². The second kappa shape index (κ2) is 7.85. The fourth-order valence-corrected chi connectivity index (χ4v) is 4.94. The van der Waals surface area contributed by atoms with Crippen molar-refractivity contribution in [3.05, 3.63) is 29.8 Å². The SMILES string of the molecule is CCOC(=O)C1CN(S(=O)(=O)c2ccc(CC3CCNCC3)cc2)C1. The first-order valence-corrected chi connectivity index (χ1v) is 10.4. The summed E-state index contributed by atoms with van der Waals surface area (Å²) in [5.41, 5.74) is 1.18. The maximum absolute atomic E-state index is 12.6. The van der Waals surface area contributed by atoms with Crippen molar-refractivity contribution in [1.82, 2.24) is 9.62 Å². The van der Waals surface area contributed by atoms with Crippen molar-refractivity contribution in [3.63, 3.8) is 0 Å². The molecule has 0 aliphatic carbocycles. The van der Waals surface area contributed by atoms with Gasteiger partial charge in [0.15, 0.2) is 0 Å². The molecule has 0 saturated carbocycles. The van der Waals surface area contributed by atoms with Crippen molar-refractivity contribution >= 4 is 16.0 Å². The molecule has 6 nitrogen and oxygen atoms in total. The third-order valence-electron chi connectivity index (χ3n) is 5.01. The number of rotatable bonds is 6. The Bertz CT molecular complexity index is 690. The second-order valence-electron chi connectivity index (χ2n) is 6.81. The van der Waals surface area contributed by atoms with Crippen LogP contribution < -0.4 is 5.32 Å². The molecular formula is C18H26N2O4S. The van der Waals surface area contributed by atoms with Gasteiger partial charge in [0, 0.05) is 13.1 Å². The summed E-state index contributed by atoms with van der Waals surface area (Å²) >= 11 is 0. The molecule has 0 bridgehead atoms. The summed E-state index contributed by atoms with van der Waals surface area (Å²) < 4.78 is 31.5. The topological polar surface area (TPSA) is 75.7 Å². The first-order valence-electron chi connectivity index (χ1n) is 8.97. The van der Waals surface area contributed by atoms with E-state index in [9.17, 15) is 13.2 Å². The van der Waals surface area contributed by atoms with E-state index in [1.807, 2.05) is 12.1 Å². The molecule has 2 aliphatic rings. The van der Waals surface area contributed by atoms with E-state index < -0.39 is 10.0 Å². The van der Waals surface area contributed by atoms with E-state index >= 15 is 0 Å². The predicted octanol–water partition coefficient (Wildman–Crippen LogP) is 1.41. The molecule has 138 valence electrons. The Morgan fingerprint density at radius 2 is 1.84 bits per heavy atom. The molecule has 2 saturated heterocycles. The molecule has 0 amide bonds. The van der Waals surface area contributed by atoms with E-state index in [0.29, 0.717) is 17.4 Å². The van der Waals surface area contributed by atoms with E-state index in [1.54, 1.807) is 19.1 Å². The maximum Gasteiger partial charge on any atom is 0.311 e. The van der Waals surface area contributed by atoms with Gasteiger partial charge in [-0.25, -0.2) is 8.42 Å². The summed E-state index contributed by atoms with van der Waals surface area (Å²) in [4.78, 5) is 11.9. The second-order valence-corrected chi connectivity index (χ2v) is 8.75. The number of nitrogens with zero attached hydrogens (tertiary/aromatic N) is 1. The van der Waals surface area contributed by atoms with Crippen LogP contribution in [0.4, 0.5) is 0 Å². The van der Waals surface area contributed by atoms with Gasteiger partial charge in [0.05, 0.1) is 17.4 Å². The lowest BCUT2D eigenvalue weighted by Crippen LogP contribution is -2.53. The van der Waals surface area contributed by atoms with E-state index in [2.05, 4.69) is 5.32 Å². The zero-order valence-electron chi connectivity index (χ0n) is 14.6. The lowest BCUT2D eigenvalue weighted by atomic mass is 9.91. The zero-order chi connectivity index (χ0) is 17.9. The highest BCUT2D eigenvalue weighted by Gasteiger charge is 2.41. The number of carbonyl (C=O) groups is 1. The number of hydrogen-bond donors (Lipinski definition) is 1. The molecular weight excluding hydrogens is 340 g/mol. The Kier molecular flexibility index (Phi) is 5.76. The van der Waals surface area contributed by atoms with Gasteiger partial charge in [-0.3, -0.25) is 4.79 Å². The van der Waals surface area contributed by atoms with Gasteiger partial charge in [-0.1, -0.05) is 12.1 Å². The third-order valence-corrected chi connectivity index (χ3v) is 6.86. The number of ether oxygens (including phenoxy) is 1. The monoisotopic (exact) mass is 366 g/mol. The van der Waals surface area contributed by atoms with Crippen molar-refractivity contribution < 1.29 is 17.9 Å². The summed E-state index contributed by atoms with van der Waals surface area (Å²) in [6.07, 6.45) is 3.34. The van der Waals surface area contributed by atoms with Crippen molar-refractivity contribution in [2.75, 3.05) is 32.8 Å². The van der Waals surface area contributed by atoms with E-state index in [0.717, 1.165) is 19.5 Å². The lowest BCUT2D eigenvalue weighted by molar-refractivity contribution is -0.151. The highest BCUT2D eigenvalue weighted by atomic mass is 32.2. The average Bonchev–Trinajstić information content (AvgIpc) is 2.55. The summed E-state index contributed by atoms with van der Waals surface area (Å²) in [6.45, 7) is 4.61. The molecule has 3 rings (SSSR count). The summed E-state index contributed by atoms with van der Waals surface area (Å²) in [5, 5.41) is 3.36. The van der Waals surface area contributed by atoms with Crippen LogP contribution in [0.5, 0.6) is 0 Å². The number of piperidine rings is 1. The number of hydrogen-bond acceptors (Lipinski definition) is 5. The van der Waals surface area contributed by atoms with Crippen LogP contribution in [-0.4, -0.2) is 51.5 Å². The quantitative estimate of drug-likeness (QED) is 0.771. The standard InChI is InChI=1S/C18H26N2O4S/c1-2-24-18(21)16-12-20(13-16)25(22,23)17-5-3-14(4-6-17)11-15-7-9-19-10-8-15/h3-6,15-16,19H,2,7-13H2,1H3. The van der Waals surface area contributed by atoms with Crippen LogP contribution in [-0.2, 0) is 26.0 Å². The van der Waals surface area contributed by atoms with Gasteiger partial charge in [-0.15, -0.1) is 0 Å². The van der Waals surface area contributed by atoms with Crippen molar-refractivity contribution in [3.8, 4) is 0 Å². The van der Waals surface area contributed by atoms with Crippen LogP contribution in [0, 0.1) is 11.8 Å². The van der Waals surface area contributed by atoms with Crippen LogP contribution in [0.3, 0.4) is 0 Å². The van der Waals surface area contributed by atoms with Crippen LogP contribution >= 0.6 is 0 Å². The summed E-state index contributed by atoms with van der Waals surface area (Å²) in [6, 6.07) is 7.20. The van der Waals surface area contributed by atoms with E-state index in [-0.39, 0.29) is 25.0 Å². The lowest BCUT2D eigenvalue weighted by Gasteiger charge is -2.36. The van der Waals surface area contributed by atoms with Gasteiger partial charge in [0.2, 0.25) is 10.0 Å². The van der Waals surface area contributed by atoms with Crippen LogP contribution in [0.15, 0.2) is 29.2 Å². The van der Waals surface area contributed by atoms with Gasteiger partial charge in [-0.2, -0.15) is 4.31 Å². The predicted molar refractivity (Wildman–Crippen MR) is 94.6 cm³/mol. The fraction of sp³-hybridized carbons (Fsp3) is 0.611. The van der Waals surface area contributed by atoms with E-state index in [1.165, 1.54) is 22.7 Å². The van der Waals surface area contributed by atoms with Gasteiger partial charge < -0.3 is 10.1 Å². The molecule has 1 aromatic carbocycles. The molecule has 1 N–H and O–H groups in total. The Balaban J connectivity index is 1.58. The molecule has 0 atom stereocenters. The summed E-state index contributed by atoms with van der Waals surface area (Å²) in [5.74, 6) is 0.0182. The van der Waals surface area contributed by atoms with Crippen LogP contribution in [0.2, 0.25) is 0 Å². The molecule has 0 unspecified atom stereocenters. The number of carbonyl (C=O) groups excluding carboxylic acids is 1. The van der Waals surface area contributed by atoms with E-state index in [4.69, 9.17) is 4.74 Å². The molecule has 7 heteroatoms. The summed E-state index contributed by atoms with van der Waals surface area (Å²) in [7, 11) is -3.52. The minimum atomic E-state index is -3.52. The number of nitrogens with one attached hydrogen (secondary N) is 1. The highest BCUT2D eigenvalue weighted by Crippen LogP contribution is 2.27. The van der Waals surface area contributed by atoms with Gasteiger partial charge >= 0.3 is 5.97 Å². The molecule has 2 fully saturated rings. The molecule has 25 heavy (non-hydrogen) atoms. The maximum atomic E-state index is 12.6. The van der Waals surface area contributed by atoms with Crippen molar-refractivity contribution in [2.24, 2.45) is 11.8 Å². The average molecular weight is 366 g/mol. The third kappa shape index (κ3) is 4.22. The molecule has 0 radical (unpaired) electrons. The number of sulfonamides is 1.